The lowest BCUT2D eigenvalue weighted by Gasteiger charge is -2.21. The Morgan fingerprint density at radius 1 is 0.789 bits per heavy atom. The zero-order valence-electron chi connectivity index (χ0n) is 10.7. The van der Waals surface area contributed by atoms with Crippen molar-refractivity contribution in [1.82, 2.24) is 4.90 Å². The van der Waals surface area contributed by atoms with Crippen molar-refractivity contribution in [2.75, 3.05) is 6.61 Å². The SMILES string of the molecule is [O]CC(=O)N(Cc1ccccc1)Cc1ccccc1. The third-order valence-corrected chi connectivity index (χ3v) is 2.91. The van der Waals surface area contributed by atoms with E-state index < -0.39 is 6.61 Å². The van der Waals surface area contributed by atoms with E-state index in [4.69, 9.17) is 0 Å². The van der Waals surface area contributed by atoms with Gasteiger partial charge in [-0.2, -0.15) is 0 Å². The minimum Gasteiger partial charge on any atom is -0.332 e. The molecule has 0 aliphatic heterocycles. The van der Waals surface area contributed by atoms with E-state index in [1.165, 1.54) is 0 Å². The van der Waals surface area contributed by atoms with Crippen LogP contribution in [0.5, 0.6) is 0 Å². The van der Waals surface area contributed by atoms with Gasteiger partial charge in [0.25, 0.3) is 5.91 Å². The van der Waals surface area contributed by atoms with Crippen molar-refractivity contribution < 1.29 is 9.90 Å². The molecule has 3 nitrogen and oxygen atoms in total. The van der Waals surface area contributed by atoms with Crippen molar-refractivity contribution in [3.05, 3.63) is 71.8 Å². The van der Waals surface area contributed by atoms with Gasteiger partial charge in [-0.1, -0.05) is 60.7 Å². The first-order valence-corrected chi connectivity index (χ1v) is 6.23. The fraction of sp³-hybridized carbons (Fsp3) is 0.188. The number of carbonyl (C=O) groups is 1. The molecule has 2 rings (SSSR count). The summed E-state index contributed by atoms with van der Waals surface area (Å²) in [5.74, 6) is -0.368. The molecule has 0 aromatic heterocycles. The summed E-state index contributed by atoms with van der Waals surface area (Å²) in [5, 5.41) is 10.9. The van der Waals surface area contributed by atoms with Crippen LogP contribution in [-0.2, 0) is 23.0 Å². The zero-order chi connectivity index (χ0) is 13.5. The molecular formula is C16H16NO2. The summed E-state index contributed by atoms with van der Waals surface area (Å²) in [4.78, 5) is 13.3. The van der Waals surface area contributed by atoms with Crippen molar-refractivity contribution in [3.8, 4) is 0 Å². The summed E-state index contributed by atoms with van der Waals surface area (Å²) in [6, 6.07) is 19.4. The van der Waals surface area contributed by atoms with Gasteiger partial charge in [-0.15, -0.1) is 0 Å². The highest BCUT2D eigenvalue weighted by molar-refractivity contribution is 5.77. The molecule has 0 heterocycles. The van der Waals surface area contributed by atoms with Crippen LogP contribution in [0.25, 0.3) is 0 Å². The number of hydrogen-bond donors (Lipinski definition) is 0. The van der Waals surface area contributed by atoms with Crippen LogP contribution in [0.4, 0.5) is 0 Å². The maximum atomic E-state index is 11.7. The second-order valence-corrected chi connectivity index (χ2v) is 4.37. The number of hydrogen-bond acceptors (Lipinski definition) is 1. The molecule has 1 radical (unpaired) electrons. The highest BCUT2D eigenvalue weighted by Crippen LogP contribution is 2.10. The second-order valence-electron chi connectivity index (χ2n) is 4.37. The van der Waals surface area contributed by atoms with E-state index >= 15 is 0 Å². The maximum Gasteiger partial charge on any atom is 0.252 e. The molecule has 0 saturated heterocycles. The van der Waals surface area contributed by atoms with Crippen molar-refractivity contribution in [2.24, 2.45) is 0 Å². The first-order valence-electron chi connectivity index (χ1n) is 6.23. The van der Waals surface area contributed by atoms with Gasteiger partial charge in [-0.3, -0.25) is 4.79 Å². The van der Waals surface area contributed by atoms with Gasteiger partial charge >= 0.3 is 0 Å². The lowest BCUT2D eigenvalue weighted by Crippen LogP contribution is -2.31. The van der Waals surface area contributed by atoms with Crippen molar-refractivity contribution in [2.45, 2.75) is 13.1 Å². The summed E-state index contributed by atoms with van der Waals surface area (Å²) in [5.41, 5.74) is 2.06. The average Bonchev–Trinajstić information content (AvgIpc) is 2.48. The smallest absolute Gasteiger partial charge is 0.252 e. The van der Waals surface area contributed by atoms with E-state index in [-0.39, 0.29) is 5.91 Å². The topological polar surface area (TPSA) is 40.2 Å². The minimum absolute atomic E-state index is 0.368. The summed E-state index contributed by atoms with van der Waals surface area (Å²) < 4.78 is 0. The zero-order valence-corrected chi connectivity index (χ0v) is 10.7. The molecule has 97 valence electrons. The van der Waals surface area contributed by atoms with Crippen LogP contribution in [0.2, 0.25) is 0 Å². The van der Waals surface area contributed by atoms with Crippen LogP contribution in [0.3, 0.4) is 0 Å². The van der Waals surface area contributed by atoms with Gasteiger partial charge in [0.15, 0.2) is 6.61 Å². The number of rotatable bonds is 5. The van der Waals surface area contributed by atoms with E-state index in [1.54, 1.807) is 4.90 Å². The van der Waals surface area contributed by atoms with Gasteiger partial charge in [0, 0.05) is 13.1 Å². The Bertz CT molecular complexity index is 469. The third-order valence-electron chi connectivity index (χ3n) is 2.91. The molecule has 3 heteroatoms. The predicted molar refractivity (Wildman–Crippen MR) is 72.7 cm³/mol. The lowest BCUT2D eigenvalue weighted by atomic mass is 10.1. The van der Waals surface area contributed by atoms with Crippen LogP contribution >= 0.6 is 0 Å². The molecule has 0 N–H and O–H groups in total. The molecule has 0 aliphatic rings. The number of nitrogens with zero attached hydrogens (tertiary/aromatic N) is 1. The Morgan fingerprint density at radius 3 is 1.58 bits per heavy atom. The monoisotopic (exact) mass is 254 g/mol. The van der Waals surface area contributed by atoms with E-state index in [1.807, 2.05) is 60.7 Å². The highest BCUT2D eigenvalue weighted by Gasteiger charge is 2.13. The van der Waals surface area contributed by atoms with Gasteiger partial charge in [0.1, 0.15) is 0 Å². The lowest BCUT2D eigenvalue weighted by molar-refractivity contribution is -0.137. The van der Waals surface area contributed by atoms with Gasteiger partial charge < -0.3 is 4.90 Å². The van der Waals surface area contributed by atoms with Gasteiger partial charge in [-0.25, -0.2) is 5.11 Å². The van der Waals surface area contributed by atoms with E-state index in [0.717, 1.165) is 11.1 Å². The summed E-state index contributed by atoms with van der Waals surface area (Å²) in [7, 11) is 0. The first-order chi connectivity index (χ1) is 9.29. The van der Waals surface area contributed by atoms with Gasteiger partial charge in [0.2, 0.25) is 0 Å². The van der Waals surface area contributed by atoms with Crippen molar-refractivity contribution in [1.29, 1.82) is 0 Å². The fourth-order valence-corrected chi connectivity index (χ4v) is 1.93. The van der Waals surface area contributed by atoms with E-state index in [0.29, 0.717) is 13.1 Å². The van der Waals surface area contributed by atoms with Crippen molar-refractivity contribution >= 4 is 5.91 Å². The number of carbonyl (C=O) groups excluding carboxylic acids is 1. The van der Waals surface area contributed by atoms with Gasteiger partial charge in [0.05, 0.1) is 0 Å². The molecule has 0 aliphatic carbocycles. The molecule has 0 fully saturated rings. The molecule has 1 amide bonds. The summed E-state index contributed by atoms with van der Waals surface area (Å²) in [6.45, 7) is 0.229. The minimum atomic E-state index is -0.709. The first kappa shape index (κ1) is 13.3. The molecule has 19 heavy (non-hydrogen) atoms. The highest BCUT2D eigenvalue weighted by atomic mass is 16.3. The standard InChI is InChI=1S/C16H16NO2/c18-13-16(19)17(11-14-7-3-1-4-8-14)12-15-9-5-2-6-10-15/h1-10H,11-13H2. The third kappa shape index (κ3) is 3.93. The molecule has 0 saturated carbocycles. The van der Waals surface area contributed by atoms with Gasteiger partial charge in [-0.05, 0) is 11.1 Å². The maximum absolute atomic E-state index is 11.7. The molecule has 2 aromatic carbocycles. The Morgan fingerprint density at radius 2 is 1.21 bits per heavy atom. The summed E-state index contributed by atoms with van der Waals surface area (Å²) >= 11 is 0. The van der Waals surface area contributed by atoms with Crippen LogP contribution in [-0.4, -0.2) is 17.4 Å². The van der Waals surface area contributed by atoms with Crippen molar-refractivity contribution in [3.63, 3.8) is 0 Å². The Labute approximate surface area is 113 Å². The van der Waals surface area contributed by atoms with Crippen LogP contribution < -0.4 is 0 Å². The van der Waals surface area contributed by atoms with E-state index in [9.17, 15) is 9.90 Å². The molecule has 2 aromatic rings. The molecule has 0 bridgehead atoms. The molecular weight excluding hydrogens is 238 g/mol. The largest absolute Gasteiger partial charge is 0.332 e. The normalized spacial score (nSPS) is 10.2. The Hall–Kier alpha value is -2.13. The summed E-state index contributed by atoms with van der Waals surface area (Å²) in [6.07, 6.45) is 0. The predicted octanol–water partition coefficient (Wildman–Crippen LogP) is 2.65. The average molecular weight is 254 g/mol. The second kappa shape index (κ2) is 6.71. The van der Waals surface area contributed by atoms with Crippen LogP contribution in [0, 0.1) is 0 Å². The van der Waals surface area contributed by atoms with Crippen LogP contribution in [0.15, 0.2) is 60.7 Å². The number of amides is 1. The Balaban J connectivity index is 2.10. The molecule has 0 unspecified atom stereocenters. The van der Waals surface area contributed by atoms with E-state index in [2.05, 4.69) is 0 Å². The molecule has 0 atom stereocenters. The number of benzene rings is 2. The quantitative estimate of drug-likeness (QED) is 0.808. The van der Waals surface area contributed by atoms with Crippen LogP contribution in [0.1, 0.15) is 11.1 Å². The molecule has 0 spiro atoms. The Kier molecular flexibility index (Phi) is 4.70. The fourth-order valence-electron chi connectivity index (χ4n) is 1.93.